The SMILES string of the molecule is CCCCCC(=O)OCC(C)C=O. The fourth-order valence-corrected chi connectivity index (χ4v) is 0.855. The summed E-state index contributed by atoms with van der Waals surface area (Å²) in [5.41, 5.74) is 0. The molecule has 76 valence electrons. The molecular formula is C10H18O3. The van der Waals surface area contributed by atoms with Crippen molar-refractivity contribution in [3.05, 3.63) is 0 Å². The molecule has 0 saturated heterocycles. The Morgan fingerprint density at radius 3 is 2.69 bits per heavy atom. The Morgan fingerprint density at radius 2 is 2.15 bits per heavy atom. The maximum absolute atomic E-state index is 11.0. The minimum Gasteiger partial charge on any atom is -0.465 e. The van der Waals surface area contributed by atoms with Crippen LogP contribution in [0.5, 0.6) is 0 Å². The van der Waals surface area contributed by atoms with Gasteiger partial charge >= 0.3 is 5.97 Å². The Bertz CT molecular complexity index is 154. The molecule has 3 heteroatoms. The summed E-state index contributed by atoms with van der Waals surface area (Å²) in [6.07, 6.45) is 4.29. The summed E-state index contributed by atoms with van der Waals surface area (Å²) in [6, 6.07) is 0. The Kier molecular flexibility index (Phi) is 7.26. The number of esters is 1. The van der Waals surface area contributed by atoms with Crippen molar-refractivity contribution < 1.29 is 14.3 Å². The van der Waals surface area contributed by atoms with E-state index in [0.717, 1.165) is 25.5 Å². The Balaban J connectivity index is 3.35. The molecule has 0 aromatic heterocycles. The number of carbonyl (C=O) groups excluding carboxylic acids is 2. The van der Waals surface area contributed by atoms with Gasteiger partial charge in [-0.25, -0.2) is 0 Å². The molecule has 0 fully saturated rings. The minimum atomic E-state index is -0.192. The van der Waals surface area contributed by atoms with E-state index in [2.05, 4.69) is 6.92 Å². The Morgan fingerprint density at radius 1 is 1.46 bits per heavy atom. The zero-order valence-electron chi connectivity index (χ0n) is 8.41. The zero-order chi connectivity index (χ0) is 10.1. The molecule has 0 rings (SSSR count). The monoisotopic (exact) mass is 186 g/mol. The van der Waals surface area contributed by atoms with E-state index < -0.39 is 0 Å². The fraction of sp³-hybridized carbons (Fsp3) is 0.800. The van der Waals surface area contributed by atoms with Crippen LogP contribution in [-0.4, -0.2) is 18.9 Å². The van der Waals surface area contributed by atoms with Crippen LogP contribution in [0.25, 0.3) is 0 Å². The van der Waals surface area contributed by atoms with E-state index in [1.54, 1.807) is 6.92 Å². The first-order valence-electron chi connectivity index (χ1n) is 4.81. The van der Waals surface area contributed by atoms with Gasteiger partial charge in [-0.3, -0.25) is 4.79 Å². The van der Waals surface area contributed by atoms with Crippen LogP contribution in [-0.2, 0) is 14.3 Å². The third kappa shape index (κ3) is 7.50. The molecule has 0 bridgehead atoms. The molecular weight excluding hydrogens is 168 g/mol. The zero-order valence-corrected chi connectivity index (χ0v) is 8.41. The Hall–Kier alpha value is -0.860. The normalized spacial score (nSPS) is 12.2. The summed E-state index contributed by atoms with van der Waals surface area (Å²) >= 11 is 0. The largest absolute Gasteiger partial charge is 0.465 e. The van der Waals surface area contributed by atoms with Gasteiger partial charge in [-0.2, -0.15) is 0 Å². The highest BCUT2D eigenvalue weighted by Gasteiger charge is 2.05. The number of unbranched alkanes of at least 4 members (excludes halogenated alkanes) is 2. The van der Waals surface area contributed by atoms with Gasteiger partial charge in [-0.15, -0.1) is 0 Å². The third-order valence-electron chi connectivity index (χ3n) is 1.72. The van der Waals surface area contributed by atoms with Crippen molar-refractivity contribution in [2.75, 3.05) is 6.61 Å². The molecule has 0 aromatic carbocycles. The first kappa shape index (κ1) is 12.1. The van der Waals surface area contributed by atoms with Gasteiger partial charge in [0.15, 0.2) is 0 Å². The van der Waals surface area contributed by atoms with Gasteiger partial charge in [0, 0.05) is 12.3 Å². The highest BCUT2D eigenvalue weighted by Crippen LogP contribution is 2.01. The van der Waals surface area contributed by atoms with Crippen LogP contribution in [0.1, 0.15) is 39.5 Å². The molecule has 1 unspecified atom stereocenters. The fourth-order valence-electron chi connectivity index (χ4n) is 0.855. The third-order valence-corrected chi connectivity index (χ3v) is 1.72. The standard InChI is InChI=1S/C10H18O3/c1-3-4-5-6-10(12)13-8-9(2)7-11/h7,9H,3-6,8H2,1-2H3. The molecule has 0 aromatic rings. The van der Waals surface area contributed by atoms with Crippen LogP contribution in [0, 0.1) is 5.92 Å². The average molecular weight is 186 g/mol. The second kappa shape index (κ2) is 7.77. The van der Waals surface area contributed by atoms with Crippen LogP contribution in [0.3, 0.4) is 0 Å². The van der Waals surface area contributed by atoms with Gasteiger partial charge in [0.1, 0.15) is 12.9 Å². The number of rotatable bonds is 7. The molecule has 3 nitrogen and oxygen atoms in total. The molecule has 0 N–H and O–H groups in total. The molecule has 1 atom stereocenters. The van der Waals surface area contributed by atoms with Crippen LogP contribution >= 0.6 is 0 Å². The van der Waals surface area contributed by atoms with E-state index in [1.807, 2.05) is 0 Å². The highest BCUT2D eigenvalue weighted by atomic mass is 16.5. The summed E-state index contributed by atoms with van der Waals surface area (Å²) in [5.74, 6) is -0.378. The van der Waals surface area contributed by atoms with Gasteiger partial charge in [0.2, 0.25) is 0 Å². The summed E-state index contributed by atoms with van der Waals surface area (Å²) in [6.45, 7) is 4.03. The van der Waals surface area contributed by atoms with Gasteiger partial charge < -0.3 is 9.53 Å². The number of hydrogen-bond donors (Lipinski definition) is 0. The van der Waals surface area contributed by atoms with E-state index in [4.69, 9.17) is 4.74 Å². The molecule has 0 amide bonds. The first-order chi connectivity index (χ1) is 6.20. The van der Waals surface area contributed by atoms with E-state index in [-0.39, 0.29) is 18.5 Å². The predicted molar refractivity (Wildman–Crippen MR) is 50.3 cm³/mol. The van der Waals surface area contributed by atoms with E-state index >= 15 is 0 Å². The first-order valence-corrected chi connectivity index (χ1v) is 4.81. The summed E-state index contributed by atoms with van der Waals surface area (Å²) in [5, 5.41) is 0. The average Bonchev–Trinajstić information content (AvgIpc) is 2.14. The lowest BCUT2D eigenvalue weighted by Gasteiger charge is -2.05. The second-order valence-electron chi connectivity index (χ2n) is 3.25. The van der Waals surface area contributed by atoms with Crippen molar-refractivity contribution in [3.63, 3.8) is 0 Å². The molecule has 0 aliphatic carbocycles. The lowest BCUT2D eigenvalue weighted by Crippen LogP contribution is -2.12. The van der Waals surface area contributed by atoms with E-state index in [9.17, 15) is 9.59 Å². The van der Waals surface area contributed by atoms with Crippen molar-refractivity contribution in [3.8, 4) is 0 Å². The highest BCUT2D eigenvalue weighted by molar-refractivity contribution is 5.69. The van der Waals surface area contributed by atoms with Crippen molar-refractivity contribution >= 4 is 12.3 Å². The number of hydrogen-bond acceptors (Lipinski definition) is 3. The smallest absolute Gasteiger partial charge is 0.305 e. The van der Waals surface area contributed by atoms with E-state index in [0.29, 0.717) is 6.42 Å². The van der Waals surface area contributed by atoms with Crippen molar-refractivity contribution in [1.82, 2.24) is 0 Å². The molecule has 0 radical (unpaired) electrons. The van der Waals surface area contributed by atoms with Crippen LogP contribution < -0.4 is 0 Å². The number of aldehydes is 1. The number of carbonyl (C=O) groups is 2. The summed E-state index contributed by atoms with van der Waals surface area (Å²) in [4.78, 5) is 21.2. The van der Waals surface area contributed by atoms with Gasteiger partial charge in [-0.1, -0.05) is 26.7 Å². The second-order valence-corrected chi connectivity index (χ2v) is 3.25. The Labute approximate surface area is 79.5 Å². The van der Waals surface area contributed by atoms with Gasteiger partial charge in [0.05, 0.1) is 0 Å². The van der Waals surface area contributed by atoms with Crippen molar-refractivity contribution in [2.24, 2.45) is 5.92 Å². The van der Waals surface area contributed by atoms with Crippen LogP contribution in [0.2, 0.25) is 0 Å². The molecule has 0 saturated carbocycles. The van der Waals surface area contributed by atoms with Gasteiger partial charge in [0.25, 0.3) is 0 Å². The predicted octanol–water partition coefficient (Wildman–Crippen LogP) is 1.94. The summed E-state index contributed by atoms with van der Waals surface area (Å²) < 4.78 is 4.87. The van der Waals surface area contributed by atoms with Gasteiger partial charge in [-0.05, 0) is 6.42 Å². The van der Waals surface area contributed by atoms with Crippen molar-refractivity contribution in [2.45, 2.75) is 39.5 Å². The van der Waals surface area contributed by atoms with Crippen LogP contribution in [0.15, 0.2) is 0 Å². The molecule has 0 heterocycles. The summed E-state index contributed by atoms with van der Waals surface area (Å²) in [7, 11) is 0. The number of ether oxygens (including phenoxy) is 1. The quantitative estimate of drug-likeness (QED) is 0.347. The molecule has 0 spiro atoms. The molecule has 0 aliphatic rings. The molecule has 13 heavy (non-hydrogen) atoms. The van der Waals surface area contributed by atoms with Crippen LogP contribution in [0.4, 0.5) is 0 Å². The lowest BCUT2D eigenvalue weighted by molar-refractivity contribution is -0.145. The lowest BCUT2D eigenvalue weighted by atomic mass is 10.2. The molecule has 0 aliphatic heterocycles. The van der Waals surface area contributed by atoms with E-state index in [1.165, 1.54) is 0 Å². The maximum Gasteiger partial charge on any atom is 0.305 e. The van der Waals surface area contributed by atoms with Crippen molar-refractivity contribution in [1.29, 1.82) is 0 Å². The maximum atomic E-state index is 11.0. The minimum absolute atomic E-state index is 0.185. The topological polar surface area (TPSA) is 43.4 Å².